The summed E-state index contributed by atoms with van der Waals surface area (Å²) >= 11 is 15.6. The molecule has 0 radical (unpaired) electrons. The number of ether oxygens (including phenoxy) is 1. The second-order valence-electron chi connectivity index (χ2n) is 21.1. The van der Waals surface area contributed by atoms with Crippen molar-refractivity contribution >= 4 is 86.0 Å². The Hall–Kier alpha value is -6.62. The molecular weight excluding hydrogens is 1140 g/mol. The second kappa shape index (κ2) is 39.8. The Morgan fingerprint density at radius 3 is 0.595 bits per heavy atom. The zero-order chi connectivity index (χ0) is 64.2. The number of nitrogens with one attached hydrogen (secondary N) is 1. The largest absolute Gasteiger partial charge is 0.381 e. The van der Waals surface area contributed by atoms with Gasteiger partial charge in [-0.05, 0) is 175 Å². The van der Waals surface area contributed by atoms with Crippen molar-refractivity contribution in [3.63, 3.8) is 0 Å². The van der Waals surface area contributed by atoms with Crippen molar-refractivity contribution in [1.29, 1.82) is 0 Å². The Bertz CT molecular complexity index is 2390. The number of rotatable bonds is 15. The van der Waals surface area contributed by atoms with Crippen LogP contribution in [0.15, 0.2) is 72.8 Å². The second-order valence-corrected chi connectivity index (χ2v) is 22.1. The molecule has 1 N–H and O–H groups in total. The molecule has 4 aromatic rings. The monoisotopic (exact) mass is 1230 g/mol. The molecule has 0 atom stereocenters. The number of carbonyl (C=O) groups is 9. The number of carbonyl (C=O) groups excluding carboxylic acids is 9. The number of nitrogens with zero attached hydrogens (tertiary/aromatic N) is 9. The Morgan fingerprint density at radius 1 is 0.333 bits per heavy atom. The molecule has 0 spiro atoms. The van der Waals surface area contributed by atoms with E-state index in [1.54, 1.807) is 84.6 Å². The van der Waals surface area contributed by atoms with E-state index in [0.717, 1.165) is 32.8 Å². The van der Waals surface area contributed by atoms with Crippen molar-refractivity contribution in [3.05, 3.63) is 140 Å². The number of hydrogen-bond acceptors (Lipinski definition) is 14. The van der Waals surface area contributed by atoms with E-state index in [0.29, 0.717) is 33.4 Å². The van der Waals surface area contributed by atoms with Gasteiger partial charge in [-0.2, -0.15) is 0 Å². The zero-order valence-corrected chi connectivity index (χ0v) is 54.4. The highest BCUT2D eigenvalue weighted by Crippen LogP contribution is 2.19. The minimum absolute atomic E-state index is 0. The predicted octanol–water partition coefficient (Wildman–Crippen LogP) is 7.55. The molecule has 0 saturated carbocycles. The molecular formula is C61H91Cl3N10O10. The minimum Gasteiger partial charge on any atom is -0.381 e. The molecule has 1 heterocycles. The first-order valence-corrected chi connectivity index (χ1v) is 27.2. The third kappa shape index (κ3) is 29.8. The zero-order valence-electron chi connectivity index (χ0n) is 52.1. The van der Waals surface area contributed by atoms with Crippen LogP contribution in [0.4, 0.5) is 0 Å². The highest BCUT2D eigenvalue weighted by atomic mass is 35.5. The van der Waals surface area contributed by atoms with Gasteiger partial charge in [-0.3, -0.25) is 43.2 Å². The molecule has 0 aromatic heterocycles. The summed E-state index contributed by atoms with van der Waals surface area (Å²) in [5.74, 6) is -1.52. The lowest BCUT2D eigenvalue weighted by Crippen LogP contribution is -2.27. The van der Waals surface area contributed by atoms with Crippen LogP contribution in [0.1, 0.15) is 130 Å². The standard InChI is InChI=1S/2C15H21N3O3.C15H27N3.C9H3Cl3O3.C4H8O.C2H7N.CH4/c2*1-16(2)13(19)10-7-11(14(20)17(3)4)9-12(8-10)15(21)18(5)6;1-16(2)10-13-7-14(11-17(3)4)9-15(8-13)12-18(5)6;10-7(13)4-1-5(8(11)14)3-6(2-4)9(12)15;1-2-4-5-3-1;1-3-2;/h2*7-9H,1-6H3;7-9H,10-12H2,1-6H3;1-3H;1-4H2;3H,1-2H3;1H4. The highest BCUT2D eigenvalue weighted by Gasteiger charge is 2.21. The number of halogens is 3. The van der Waals surface area contributed by atoms with E-state index in [4.69, 9.17) is 39.5 Å². The summed E-state index contributed by atoms with van der Waals surface area (Å²) in [6.07, 6.45) is 2.56. The van der Waals surface area contributed by atoms with Gasteiger partial charge in [0.1, 0.15) is 0 Å². The molecule has 84 heavy (non-hydrogen) atoms. The van der Waals surface area contributed by atoms with Gasteiger partial charge in [0, 0.05) is 167 Å². The summed E-state index contributed by atoms with van der Waals surface area (Å²) in [7, 11) is 35.9. The van der Waals surface area contributed by atoms with Gasteiger partial charge in [0.15, 0.2) is 0 Å². The lowest BCUT2D eigenvalue weighted by Gasteiger charge is -2.17. The van der Waals surface area contributed by atoms with Crippen LogP contribution in [0.2, 0.25) is 0 Å². The van der Waals surface area contributed by atoms with E-state index in [9.17, 15) is 43.2 Å². The SMILES string of the molecule is C.C1CCOC1.CN(C)C(=O)c1cc(C(=O)N(C)C)cc(C(=O)N(C)C)c1.CN(C)C(=O)c1cc(C(=O)N(C)C)cc(C(=O)N(C)C)c1.CN(C)Cc1cc(CN(C)C)cc(CN(C)C)c1.CNC.O=C(Cl)c1cc(C(=O)Cl)cc(C(=O)Cl)c1. The molecule has 0 aliphatic carbocycles. The van der Waals surface area contributed by atoms with Crippen molar-refractivity contribution in [2.24, 2.45) is 0 Å². The maximum absolute atomic E-state index is 12.1. The molecule has 466 valence electrons. The van der Waals surface area contributed by atoms with E-state index < -0.39 is 15.7 Å². The van der Waals surface area contributed by atoms with E-state index in [2.05, 4.69) is 80.5 Å². The predicted molar refractivity (Wildman–Crippen MR) is 338 cm³/mol. The highest BCUT2D eigenvalue weighted by molar-refractivity contribution is 6.70. The third-order valence-electron chi connectivity index (χ3n) is 10.8. The summed E-state index contributed by atoms with van der Waals surface area (Å²) in [4.78, 5) is 120. The number of hydrogen-bond donors (Lipinski definition) is 1. The lowest BCUT2D eigenvalue weighted by atomic mass is 10.0. The van der Waals surface area contributed by atoms with Crippen LogP contribution in [-0.2, 0) is 24.4 Å². The van der Waals surface area contributed by atoms with Crippen molar-refractivity contribution in [2.75, 3.05) is 154 Å². The van der Waals surface area contributed by atoms with Crippen molar-refractivity contribution in [2.45, 2.75) is 39.9 Å². The molecule has 1 saturated heterocycles. The molecule has 23 heteroatoms. The van der Waals surface area contributed by atoms with E-state index in [1.165, 1.54) is 114 Å². The summed E-state index contributed by atoms with van der Waals surface area (Å²) < 4.78 is 4.94. The first kappa shape index (κ1) is 79.4. The lowest BCUT2D eigenvalue weighted by molar-refractivity contribution is 0.0803. The smallest absolute Gasteiger partial charge is 0.253 e. The number of benzene rings is 4. The van der Waals surface area contributed by atoms with Crippen molar-refractivity contribution in [1.82, 2.24) is 49.4 Å². The van der Waals surface area contributed by atoms with Crippen molar-refractivity contribution in [3.8, 4) is 0 Å². The topological polar surface area (TPSA) is 204 Å². The fourth-order valence-electron chi connectivity index (χ4n) is 7.23. The Kier molecular flexibility index (Phi) is 37.7. The van der Waals surface area contributed by atoms with Crippen LogP contribution in [0.3, 0.4) is 0 Å². The van der Waals surface area contributed by atoms with Gasteiger partial charge in [-0.1, -0.05) is 25.6 Å². The quantitative estimate of drug-likeness (QED) is 0.114. The van der Waals surface area contributed by atoms with Gasteiger partial charge in [0.2, 0.25) is 0 Å². The summed E-state index contributed by atoms with van der Waals surface area (Å²) in [6, 6.07) is 19.6. The maximum atomic E-state index is 12.1. The summed E-state index contributed by atoms with van der Waals surface area (Å²) in [6.45, 7) is 5.01. The van der Waals surface area contributed by atoms with Gasteiger partial charge in [-0.25, -0.2) is 0 Å². The molecule has 1 aliphatic heterocycles. The van der Waals surface area contributed by atoms with Crippen LogP contribution in [0, 0.1) is 0 Å². The van der Waals surface area contributed by atoms with Crippen LogP contribution in [0.25, 0.3) is 0 Å². The average molecular weight is 1230 g/mol. The van der Waals surface area contributed by atoms with Crippen LogP contribution >= 0.6 is 34.8 Å². The summed E-state index contributed by atoms with van der Waals surface area (Å²) in [5.41, 5.74) is 6.08. The van der Waals surface area contributed by atoms with Crippen LogP contribution in [-0.4, -0.2) is 249 Å². The third-order valence-corrected chi connectivity index (χ3v) is 11.5. The Balaban J connectivity index is 0. The average Bonchev–Trinajstić information content (AvgIpc) is 4.00. The fourth-order valence-corrected chi connectivity index (χ4v) is 7.56. The van der Waals surface area contributed by atoms with Gasteiger partial charge in [0.25, 0.3) is 51.2 Å². The van der Waals surface area contributed by atoms with E-state index in [1.807, 2.05) is 14.1 Å². The molecule has 1 fully saturated rings. The first-order valence-electron chi connectivity index (χ1n) is 26.1. The van der Waals surface area contributed by atoms with Crippen LogP contribution < -0.4 is 5.32 Å². The van der Waals surface area contributed by atoms with Gasteiger partial charge in [0.05, 0.1) is 0 Å². The minimum atomic E-state index is -0.797. The van der Waals surface area contributed by atoms with Gasteiger partial charge < -0.3 is 54.2 Å². The molecule has 1 aliphatic rings. The van der Waals surface area contributed by atoms with E-state index >= 15 is 0 Å². The number of amides is 6. The molecule has 20 nitrogen and oxygen atoms in total. The summed E-state index contributed by atoms with van der Waals surface area (Å²) in [5, 5.41) is 0.358. The van der Waals surface area contributed by atoms with E-state index in [-0.39, 0.29) is 59.6 Å². The molecule has 0 unspecified atom stereocenters. The van der Waals surface area contributed by atoms with Crippen molar-refractivity contribution < 1.29 is 47.9 Å². The van der Waals surface area contributed by atoms with Gasteiger partial charge in [-0.15, -0.1) is 0 Å². The molecule has 4 aromatic carbocycles. The first-order chi connectivity index (χ1) is 38.5. The van der Waals surface area contributed by atoms with Crippen LogP contribution in [0.5, 0.6) is 0 Å². The Labute approximate surface area is 514 Å². The fraction of sp³-hybridized carbons (Fsp3) is 0.459. The molecule has 5 rings (SSSR count). The maximum Gasteiger partial charge on any atom is 0.253 e. The van der Waals surface area contributed by atoms with Gasteiger partial charge >= 0.3 is 0 Å². The Morgan fingerprint density at radius 2 is 0.488 bits per heavy atom. The molecule has 6 amide bonds. The molecule has 0 bridgehead atoms. The normalized spacial score (nSPS) is 10.9.